The first-order valence-corrected chi connectivity index (χ1v) is 5.35. The average molecular weight is 206 g/mol. The lowest BCUT2D eigenvalue weighted by atomic mass is 10.2. The molecule has 0 unspecified atom stereocenters. The average Bonchev–Trinajstić information content (AvgIpc) is 1.82. The van der Waals surface area contributed by atoms with E-state index in [2.05, 4.69) is 6.07 Å². The van der Waals surface area contributed by atoms with E-state index >= 15 is 0 Å². The Morgan fingerprint density at radius 1 is 1.58 bits per heavy atom. The third kappa shape index (κ3) is 3.37. The molecule has 0 saturated carbocycles. The van der Waals surface area contributed by atoms with Gasteiger partial charge in [-0.25, -0.2) is 0 Å². The molecule has 0 atom stereocenters. The summed E-state index contributed by atoms with van der Waals surface area (Å²) in [5.41, 5.74) is 0.427. The minimum atomic E-state index is -4.00. The molecule has 0 amide bonds. The van der Waals surface area contributed by atoms with Crippen LogP contribution in [0, 0.1) is 6.07 Å². The summed E-state index contributed by atoms with van der Waals surface area (Å²) in [5.74, 6) is 0. The molecule has 0 aliphatic carbocycles. The van der Waals surface area contributed by atoms with E-state index in [-0.39, 0.29) is 6.16 Å². The Labute approximate surface area is 75.2 Å². The zero-order valence-corrected chi connectivity index (χ0v) is 7.72. The highest BCUT2D eigenvalue weighted by molar-refractivity contribution is 7.50. The van der Waals surface area contributed by atoms with Crippen LogP contribution in [-0.2, 0) is 10.7 Å². The van der Waals surface area contributed by atoms with E-state index in [1.54, 1.807) is 6.07 Å². The molecular formula is C7H7ClO3P. The molecule has 1 aromatic rings. The van der Waals surface area contributed by atoms with Gasteiger partial charge in [-0.15, -0.1) is 0 Å². The van der Waals surface area contributed by atoms with Gasteiger partial charge in [0.15, 0.2) is 0 Å². The fourth-order valence-electron chi connectivity index (χ4n) is 0.798. The van der Waals surface area contributed by atoms with E-state index in [0.29, 0.717) is 10.6 Å². The van der Waals surface area contributed by atoms with Gasteiger partial charge in [0.05, 0.1) is 6.16 Å². The van der Waals surface area contributed by atoms with Crippen LogP contribution in [0.3, 0.4) is 0 Å². The summed E-state index contributed by atoms with van der Waals surface area (Å²) < 4.78 is 10.5. The van der Waals surface area contributed by atoms with Crippen LogP contribution < -0.4 is 0 Å². The highest BCUT2D eigenvalue weighted by Crippen LogP contribution is 2.39. The van der Waals surface area contributed by atoms with Gasteiger partial charge >= 0.3 is 7.60 Å². The zero-order chi connectivity index (χ0) is 9.19. The Bertz CT molecular complexity index is 320. The van der Waals surface area contributed by atoms with Crippen molar-refractivity contribution in [3.63, 3.8) is 0 Å². The summed E-state index contributed by atoms with van der Waals surface area (Å²) >= 11 is 5.60. The molecule has 1 rings (SSSR count). The van der Waals surface area contributed by atoms with Crippen LogP contribution in [0.25, 0.3) is 0 Å². The smallest absolute Gasteiger partial charge is 0.324 e. The zero-order valence-electron chi connectivity index (χ0n) is 6.07. The van der Waals surface area contributed by atoms with E-state index in [1.165, 1.54) is 12.1 Å². The first-order chi connectivity index (χ1) is 5.47. The minimum Gasteiger partial charge on any atom is -0.324 e. The molecule has 0 heterocycles. The number of hydrogen-bond acceptors (Lipinski definition) is 1. The van der Waals surface area contributed by atoms with Gasteiger partial charge in [-0.05, 0) is 23.8 Å². The summed E-state index contributed by atoms with van der Waals surface area (Å²) in [6.07, 6.45) is -0.312. The lowest BCUT2D eigenvalue weighted by Gasteiger charge is -2.02. The lowest BCUT2D eigenvalue weighted by molar-refractivity contribution is 0.371. The van der Waals surface area contributed by atoms with Crippen LogP contribution in [-0.4, -0.2) is 9.79 Å². The van der Waals surface area contributed by atoms with Gasteiger partial charge in [-0.2, -0.15) is 0 Å². The van der Waals surface area contributed by atoms with Gasteiger partial charge in [-0.3, -0.25) is 4.57 Å². The van der Waals surface area contributed by atoms with Gasteiger partial charge < -0.3 is 9.79 Å². The molecule has 1 radical (unpaired) electrons. The highest BCUT2D eigenvalue weighted by atomic mass is 35.5. The molecular weight excluding hydrogens is 199 g/mol. The van der Waals surface area contributed by atoms with E-state index in [0.717, 1.165) is 0 Å². The monoisotopic (exact) mass is 205 g/mol. The maximum Gasteiger partial charge on any atom is 0.329 e. The first-order valence-electron chi connectivity index (χ1n) is 3.18. The lowest BCUT2D eigenvalue weighted by Crippen LogP contribution is -1.86. The van der Waals surface area contributed by atoms with Gasteiger partial charge in [0.25, 0.3) is 0 Å². The predicted octanol–water partition coefficient (Wildman–Crippen LogP) is 1.82. The fraction of sp³-hybridized carbons (Fsp3) is 0.143. The molecule has 0 bridgehead atoms. The van der Waals surface area contributed by atoms with E-state index in [9.17, 15) is 4.57 Å². The van der Waals surface area contributed by atoms with E-state index < -0.39 is 7.60 Å². The minimum absolute atomic E-state index is 0.312. The van der Waals surface area contributed by atoms with Crippen LogP contribution in [0.1, 0.15) is 5.56 Å². The highest BCUT2D eigenvalue weighted by Gasteiger charge is 2.13. The normalized spacial score (nSPS) is 11.6. The van der Waals surface area contributed by atoms with Crippen molar-refractivity contribution < 1.29 is 14.4 Å². The number of hydrogen-bond donors (Lipinski definition) is 2. The summed E-state index contributed by atoms with van der Waals surface area (Å²) in [5, 5.41) is 0.456. The molecule has 1 aromatic carbocycles. The van der Waals surface area contributed by atoms with Gasteiger partial charge in [-0.1, -0.05) is 17.7 Å². The SMILES string of the molecule is O=P(O)(O)Cc1[c]ccc(Cl)c1. The Kier molecular flexibility index (Phi) is 2.91. The quantitative estimate of drug-likeness (QED) is 0.724. The molecule has 3 nitrogen and oxygen atoms in total. The molecule has 0 fully saturated rings. The topological polar surface area (TPSA) is 57.5 Å². The van der Waals surface area contributed by atoms with Crippen LogP contribution >= 0.6 is 19.2 Å². The number of benzene rings is 1. The summed E-state index contributed by atoms with van der Waals surface area (Å²) in [6.45, 7) is 0. The number of halogens is 1. The van der Waals surface area contributed by atoms with Crippen LogP contribution in [0.5, 0.6) is 0 Å². The molecule has 0 aliphatic rings. The van der Waals surface area contributed by atoms with Gasteiger partial charge in [0.2, 0.25) is 0 Å². The third-order valence-corrected chi connectivity index (χ3v) is 2.19. The summed E-state index contributed by atoms with van der Waals surface area (Å²) in [6, 6.07) is 7.31. The Hall–Kier alpha value is -0.340. The first kappa shape index (κ1) is 9.75. The Balaban J connectivity index is 2.84. The molecule has 0 spiro atoms. The van der Waals surface area contributed by atoms with E-state index in [1.807, 2.05) is 0 Å². The molecule has 12 heavy (non-hydrogen) atoms. The molecule has 0 aromatic heterocycles. The Morgan fingerprint density at radius 2 is 2.25 bits per heavy atom. The molecule has 2 N–H and O–H groups in total. The van der Waals surface area contributed by atoms with Crippen LogP contribution in [0.15, 0.2) is 18.2 Å². The van der Waals surface area contributed by atoms with Crippen molar-refractivity contribution in [3.05, 3.63) is 34.9 Å². The van der Waals surface area contributed by atoms with Gasteiger partial charge in [0, 0.05) is 5.02 Å². The maximum atomic E-state index is 10.5. The second kappa shape index (κ2) is 3.58. The van der Waals surface area contributed by atoms with Crippen molar-refractivity contribution in [2.75, 3.05) is 0 Å². The second-order valence-electron chi connectivity index (χ2n) is 2.35. The van der Waals surface area contributed by atoms with Gasteiger partial charge in [0.1, 0.15) is 0 Å². The molecule has 0 aliphatic heterocycles. The van der Waals surface area contributed by atoms with Crippen LogP contribution in [0.4, 0.5) is 0 Å². The van der Waals surface area contributed by atoms with Crippen molar-refractivity contribution in [1.82, 2.24) is 0 Å². The van der Waals surface area contributed by atoms with Crippen molar-refractivity contribution in [2.45, 2.75) is 6.16 Å². The van der Waals surface area contributed by atoms with Crippen LogP contribution in [0.2, 0.25) is 5.02 Å². The Morgan fingerprint density at radius 3 is 2.75 bits per heavy atom. The summed E-state index contributed by atoms with van der Waals surface area (Å²) in [7, 11) is -4.00. The standard InChI is InChI=1S/C7H7ClO3P/c8-7-3-1-2-6(4-7)5-12(9,10)11/h1,3-4H,5H2,(H2,9,10,11). The maximum absolute atomic E-state index is 10.5. The van der Waals surface area contributed by atoms with Crippen molar-refractivity contribution in [2.24, 2.45) is 0 Å². The molecule has 65 valence electrons. The second-order valence-corrected chi connectivity index (χ2v) is 4.44. The van der Waals surface area contributed by atoms with Crippen molar-refractivity contribution in [1.29, 1.82) is 0 Å². The molecule has 0 saturated heterocycles. The van der Waals surface area contributed by atoms with Crippen molar-refractivity contribution in [3.8, 4) is 0 Å². The molecule has 5 heteroatoms. The van der Waals surface area contributed by atoms with Crippen molar-refractivity contribution >= 4 is 19.2 Å². The fourth-order valence-corrected chi connectivity index (χ4v) is 1.62. The largest absolute Gasteiger partial charge is 0.329 e. The predicted molar refractivity (Wildman–Crippen MR) is 46.0 cm³/mol. The third-order valence-electron chi connectivity index (χ3n) is 1.20. The summed E-state index contributed by atoms with van der Waals surface area (Å²) in [4.78, 5) is 17.2. The number of rotatable bonds is 2. The van der Waals surface area contributed by atoms with E-state index in [4.69, 9.17) is 21.4 Å².